The van der Waals surface area contributed by atoms with Crippen LogP contribution in [0.3, 0.4) is 0 Å². The third-order valence-corrected chi connectivity index (χ3v) is 6.33. The minimum atomic E-state index is -0.394. The molecule has 7 nitrogen and oxygen atoms in total. The number of hydrogen-bond donors (Lipinski definition) is 1. The molecule has 0 bridgehead atoms. The van der Waals surface area contributed by atoms with Crippen molar-refractivity contribution in [3.63, 3.8) is 0 Å². The smallest absolute Gasteiger partial charge is 0.239 e. The summed E-state index contributed by atoms with van der Waals surface area (Å²) in [5, 5.41) is 14.6. The van der Waals surface area contributed by atoms with Crippen LogP contribution >= 0.6 is 34.7 Å². The number of para-hydroxylation sites is 1. The number of aromatic nitrogens is 4. The number of ether oxygens (including phenoxy) is 1. The van der Waals surface area contributed by atoms with E-state index >= 15 is 0 Å². The lowest BCUT2D eigenvalue weighted by Crippen LogP contribution is -2.23. The molecule has 0 fully saturated rings. The van der Waals surface area contributed by atoms with Crippen LogP contribution in [0, 0.1) is 6.92 Å². The fourth-order valence-corrected chi connectivity index (χ4v) is 4.34. The number of aryl methyl sites for hydroxylation is 1. The number of thioether (sulfide) groups is 1. The third-order valence-electron chi connectivity index (χ3n) is 4.06. The van der Waals surface area contributed by atoms with Crippen LogP contribution in [-0.4, -0.2) is 30.9 Å². The van der Waals surface area contributed by atoms with Gasteiger partial charge in [0.1, 0.15) is 5.75 Å². The Morgan fingerprint density at radius 2 is 2.17 bits per heavy atom. The molecule has 10 heteroatoms. The van der Waals surface area contributed by atoms with Gasteiger partial charge in [0, 0.05) is 11.9 Å². The van der Waals surface area contributed by atoms with Gasteiger partial charge < -0.3 is 10.1 Å². The Morgan fingerprint density at radius 1 is 1.40 bits per heavy atom. The van der Waals surface area contributed by atoms with Crippen LogP contribution < -0.4 is 10.1 Å². The Labute approximate surface area is 188 Å². The van der Waals surface area contributed by atoms with Crippen LogP contribution in [0.2, 0.25) is 5.02 Å². The standard InChI is InChI=1S/C20H22ClN5O2S2/c1-5-10-26-17(13(3)28-16-9-7-6-8-15(16)21)24-25-20(26)30-14(4)18(27)23-19-22-12(2)11-29-19/h5-9,11,13-14H,1,10H2,2-4H3,(H,22,23,27). The molecule has 0 spiro atoms. The molecule has 2 heterocycles. The van der Waals surface area contributed by atoms with Crippen molar-refractivity contribution in [2.75, 3.05) is 5.32 Å². The van der Waals surface area contributed by atoms with Gasteiger partial charge in [0.25, 0.3) is 0 Å². The lowest BCUT2D eigenvalue weighted by molar-refractivity contribution is -0.115. The summed E-state index contributed by atoms with van der Waals surface area (Å²) in [5.41, 5.74) is 0.874. The third kappa shape index (κ3) is 5.41. The SMILES string of the molecule is C=CCn1c(SC(C)C(=O)Nc2nc(C)cs2)nnc1C(C)Oc1ccccc1Cl. The summed E-state index contributed by atoms with van der Waals surface area (Å²) in [6.07, 6.45) is 1.36. The van der Waals surface area contributed by atoms with Crippen molar-refractivity contribution in [3.8, 4) is 5.75 Å². The Kier molecular flexibility index (Phi) is 7.52. The number of nitrogens with zero attached hydrogens (tertiary/aromatic N) is 4. The molecule has 0 saturated carbocycles. The van der Waals surface area contributed by atoms with Gasteiger partial charge in [-0.1, -0.05) is 41.6 Å². The van der Waals surface area contributed by atoms with Gasteiger partial charge in [0.15, 0.2) is 22.2 Å². The number of amides is 1. The molecule has 3 rings (SSSR count). The zero-order valence-electron chi connectivity index (χ0n) is 16.8. The fourth-order valence-electron chi connectivity index (χ4n) is 2.60. The molecule has 0 saturated heterocycles. The zero-order chi connectivity index (χ0) is 21.7. The van der Waals surface area contributed by atoms with Gasteiger partial charge in [-0.3, -0.25) is 9.36 Å². The zero-order valence-corrected chi connectivity index (χ0v) is 19.2. The van der Waals surface area contributed by atoms with E-state index in [0.717, 1.165) is 5.69 Å². The first-order valence-corrected chi connectivity index (χ1v) is 11.4. The van der Waals surface area contributed by atoms with Crippen molar-refractivity contribution in [2.24, 2.45) is 0 Å². The van der Waals surface area contributed by atoms with Crippen LogP contribution in [0.25, 0.3) is 0 Å². The second kappa shape index (κ2) is 10.1. The summed E-state index contributed by atoms with van der Waals surface area (Å²) in [6, 6.07) is 7.27. The van der Waals surface area contributed by atoms with Gasteiger partial charge in [-0.25, -0.2) is 4.98 Å². The number of nitrogens with one attached hydrogen (secondary N) is 1. The molecule has 1 aromatic carbocycles. The first-order valence-electron chi connectivity index (χ1n) is 9.24. The van der Waals surface area contributed by atoms with E-state index < -0.39 is 11.4 Å². The number of hydrogen-bond acceptors (Lipinski definition) is 7. The van der Waals surface area contributed by atoms with Gasteiger partial charge in [-0.2, -0.15) is 0 Å². The van der Waals surface area contributed by atoms with Gasteiger partial charge in [-0.05, 0) is 32.9 Å². The number of halogens is 1. The predicted molar refractivity (Wildman–Crippen MR) is 122 cm³/mol. The molecule has 2 aromatic heterocycles. The first kappa shape index (κ1) is 22.3. The van der Waals surface area contributed by atoms with Crippen molar-refractivity contribution in [1.82, 2.24) is 19.7 Å². The Bertz CT molecular complexity index is 1040. The molecule has 3 aromatic rings. The van der Waals surface area contributed by atoms with Crippen molar-refractivity contribution < 1.29 is 9.53 Å². The van der Waals surface area contributed by atoms with Crippen molar-refractivity contribution >= 4 is 45.7 Å². The Balaban J connectivity index is 1.73. The van der Waals surface area contributed by atoms with Crippen LogP contribution in [-0.2, 0) is 11.3 Å². The lowest BCUT2D eigenvalue weighted by Gasteiger charge is -2.17. The number of carbonyl (C=O) groups excluding carboxylic acids is 1. The normalized spacial score (nSPS) is 12.9. The number of carbonyl (C=O) groups is 1. The quantitative estimate of drug-likeness (QED) is 0.349. The van der Waals surface area contributed by atoms with Crippen LogP contribution in [0.15, 0.2) is 47.5 Å². The monoisotopic (exact) mass is 463 g/mol. The maximum atomic E-state index is 12.5. The van der Waals surface area contributed by atoms with Gasteiger partial charge in [-0.15, -0.1) is 28.1 Å². The van der Waals surface area contributed by atoms with E-state index in [9.17, 15) is 4.79 Å². The van der Waals surface area contributed by atoms with Crippen LogP contribution in [0.1, 0.15) is 31.5 Å². The summed E-state index contributed by atoms with van der Waals surface area (Å²) < 4.78 is 7.87. The van der Waals surface area contributed by atoms with E-state index in [-0.39, 0.29) is 5.91 Å². The van der Waals surface area contributed by atoms with E-state index in [4.69, 9.17) is 16.3 Å². The predicted octanol–water partition coefficient (Wildman–Crippen LogP) is 5.14. The highest BCUT2D eigenvalue weighted by Gasteiger charge is 2.23. The molecule has 2 unspecified atom stereocenters. The minimum Gasteiger partial charge on any atom is -0.481 e. The summed E-state index contributed by atoms with van der Waals surface area (Å²) in [5.74, 6) is 1.05. The van der Waals surface area contributed by atoms with Crippen LogP contribution in [0.4, 0.5) is 5.13 Å². The van der Waals surface area contributed by atoms with E-state index in [1.165, 1.54) is 23.1 Å². The molecule has 1 amide bonds. The minimum absolute atomic E-state index is 0.149. The largest absolute Gasteiger partial charge is 0.481 e. The van der Waals surface area contributed by atoms with E-state index in [1.807, 2.05) is 42.9 Å². The maximum absolute atomic E-state index is 12.5. The molecule has 30 heavy (non-hydrogen) atoms. The summed E-state index contributed by atoms with van der Waals surface area (Å²) >= 11 is 8.91. The maximum Gasteiger partial charge on any atom is 0.239 e. The van der Waals surface area contributed by atoms with E-state index in [2.05, 4.69) is 27.1 Å². The number of thiazole rings is 1. The van der Waals surface area contributed by atoms with E-state index in [1.54, 1.807) is 18.2 Å². The highest BCUT2D eigenvalue weighted by atomic mass is 35.5. The number of allylic oxidation sites excluding steroid dienone is 1. The number of rotatable bonds is 9. The molecular weight excluding hydrogens is 442 g/mol. The van der Waals surface area contributed by atoms with Crippen molar-refractivity contribution in [2.45, 2.75) is 43.8 Å². The summed E-state index contributed by atoms with van der Waals surface area (Å²) in [4.78, 5) is 16.8. The molecule has 0 aliphatic carbocycles. The molecule has 2 atom stereocenters. The van der Waals surface area contributed by atoms with Gasteiger partial charge in [0.2, 0.25) is 5.91 Å². The average molecular weight is 464 g/mol. The number of anilines is 1. The fraction of sp³-hybridized carbons (Fsp3) is 0.300. The topological polar surface area (TPSA) is 81.9 Å². The molecule has 158 valence electrons. The van der Waals surface area contributed by atoms with Gasteiger partial charge >= 0.3 is 0 Å². The van der Waals surface area contributed by atoms with Crippen molar-refractivity contribution in [3.05, 3.63) is 58.8 Å². The number of benzene rings is 1. The van der Waals surface area contributed by atoms with E-state index in [0.29, 0.717) is 33.4 Å². The summed E-state index contributed by atoms with van der Waals surface area (Å²) in [7, 11) is 0. The van der Waals surface area contributed by atoms with Crippen LogP contribution in [0.5, 0.6) is 5.75 Å². The van der Waals surface area contributed by atoms with Gasteiger partial charge in [0.05, 0.1) is 16.0 Å². The van der Waals surface area contributed by atoms with Crippen molar-refractivity contribution in [1.29, 1.82) is 0 Å². The molecule has 0 radical (unpaired) electrons. The second-order valence-electron chi connectivity index (χ2n) is 6.47. The Hall–Kier alpha value is -2.36. The first-order chi connectivity index (χ1) is 14.4. The molecular formula is C20H22ClN5O2S2. The highest BCUT2D eigenvalue weighted by Crippen LogP contribution is 2.30. The molecule has 1 N–H and O–H groups in total. The highest BCUT2D eigenvalue weighted by molar-refractivity contribution is 8.00. The summed E-state index contributed by atoms with van der Waals surface area (Å²) in [6.45, 7) is 9.88. The average Bonchev–Trinajstić information content (AvgIpc) is 3.30. The lowest BCUT2D eigenvalue weighted by atomic mass is 10.3. The Morgan fingerprint density at radius 3 is 2.83 bits per heavy atom. The molecule has 0 aliphatic rings. The molecule has 0 aliphatic heterocycles. The second-order valence-corrected chi connectivity index (χ2v) is 9.05.